The highest BCUT2D eigenvalue weighted by Gasteiger charge is 2.48. The van der Waals surface area contributed by atoms with E-state index in [-0.39, 0.29) is 24.2 Å². The minimum atomic E-state index is -2.85. The van der Waals surface area contributed by atoms with E-state index < -0.39 is 9.84 Å². The Labute approximate surface area is 114 Å². The van der Waals surface area contributed by atoms with Gasteiger partial charge in [-0.05, 0) is 42.1 Å². The van der Waals surface area contributed by atoms with E-state index in [2.05, 4.69) is 12.1 Å². The first-order valence-corrected chi connectivity index (χ1v) is 8.79. The first-order valence-electron chi connectivity index (χ1n) is 6.97. The van der Waals surface area contributed by atoms with Gasteiger partial charge >= 0.3 is 0 Å². The molecule has 1 saturated heterocycles. The molecule has 0 bridgehead atoms. The van der Waals surface area contributed by atoms with Crippen molar-refractivity contribution in [2.24, 2.45) is 17.8 Å². The van der Waals surface area contributed by atoms with E-state index in [1.165, 1.54) is 5.56 Å². The molecular formula is C15H20O3S. The average Bonchev–Trinajstić information content (AvgIpc) is 3.10. The smallest absolute Gasteiger partial charge is 0.150 e. The van der Waals surface area contributed by atoms with Gasteiger partial charge < -0.3 is 5.11 Å². The Morgan fingerprint density at radius 3 is 2.58 bits per heavy atom. The van der Waals surface area contributed by atoms with Crippen LogP contribution in [0.2, 0.25) is 0 Å². The number of hydrogen-bond donors (Lipinski definition) is 1. The highest BCUT2D eigenvalue weighted by Crippen LogP contribution is 2.54. The monoisotopic (exact) mass is 280 g/mol. The van der Waals surface area contributed by atoms with Crippen molar-refractivity contribution in [3.8, 4) is 0 Å². The van der Waals surface area contributed by atoms with Crippen LogP contribution in [-0.2, 0) is 9.84 Å². The van der Waals surface area contributed by atoms with Gasteiger partial charge in [0.25, 0.3) is 0 Å². The molecule has 1 saturated carbocycles. The van der Waals surface area contributed by atoms with Crippen LogP contribution in [0.5, 0.6) is 0 Å². The predicted octanol–water partition coefficient (Wildman–Crippen LogP) is 1.83. The Bertz CT molecular complexity index is 538. The molecule has 19 heavy (non-hydrogen) atoms. The lowest BCUT2D eigenvalue weighted by Gasteiger charge is -2.20. The molecule has 2 fully saturated rings. The normalized spacial score (nSPS) is 34.1. The third-order valence-electron chi connectivity index (χ3n) is 4.70. The fraction of sp³-hybridized carbons (Fsp3) is 0.600. The molecule has 0 aromatic heterocycles. The van der Waals surface area contributed by atoms with Crippen molar-refractivity contribution in [1.82, 2.24) is 0 Å². The standard InChI is InChI=1S/C15H20O3S/c16-9-15(12-6-7-19(17,18)10-12)14-8-13(14)11-4-2-1-3-5-11/h1-5,12-16H,6-10H2. The number of benzene rings is 1. The minimum Gasteiger partial charge on any atom is -0.396 e. The van der Waals surface area contributed by atoms with Crippen molar-refractivity contribution in [1.29, 1.82) is 0 Å². The van der Waals surface area contributed by atoms with Crippen LogP contribution in [0, 0.1) is 17.8 Å². The van der Waals surface area contributed by atoms with Crippen molar-refractivity contribution in [2.75, 3.05) is 18.1 Å². The van der Waals surface area contributed by atoms with Gasteiger partial charge in [0.2, 0.25) is 0 Å². The predicted molar refractivity (Wildman–Crippen MR) is 74.6 cm³/mol. The molecule has 0 amide bonds. The molecule has 1 aromatic carbocycles. The highest BCUT2D eigenvalue weighted by molar-refractivity contribution is 7.91. The number of rotatable bonds is 4. The molecule has 3 nitrogen and oxygen atoms in total. The van der Waals surface area contributed by atoms with Crippen LogP contribution in [0.1, 0.15) is 24.3 Å². The fourth-order valence-corrected chi connectivity index (χ4v) is 5.46. The summed E-state index contributed by atoms with van der Waals surface area (Å²) in [5, 5.41) is 9.64. The van der Waals surface area contributed by atoms with E-state index >= 15 is 0 Å². The van der Waals surface area contributed by atoms with E-state index in [1.54, 1.807) is 0 Å². The third kappa shape index (κ3) is 2.70. The molecule has 104 valence electrons. The lowest BCUT2D eigenvalue weighted by molar-refractivity contribution is 0.164. The second-order valence-electron chi connectivity index (χ2n) is 5.93. The van der Waals surface area contributed by atoms with Gasteiger partial charge in [0, 0.05) is 6.61 Å². The Hall–Kier alpha value is -0.870. The van der Waals surface area contributed by atoms with Gasteiger partial charge in [-0.25, -0.2) is 8.42 Å². The van der Waals surface area contributed by atoms with Crippen LogP contribution in [0.4, 0.5) is 0 Å². The van der Waals surface area contributed by atoms with Gasteiger partial charge in [0.15, 0.2) is 9.84 Å². The van der Waals surface area contributed by atoms with E-state index in [4.69, 9.17) is 0 Å². The van der Waals surface area contributed by atoms with Crippen LogP contribution in [-0.4, -0.2) is 31.6 Å². The molecule has 1 aliphatic heterocycles. The number of aliphatic hydroxyl groups excluding tert-OH is 1. The van der Waals surface area contributed by atoms with Gasteiger partial charge in [-0.2, -0.15) is 0 Å². The Balaban J connectivity index is 1.69. The summed E-state index contributed by atoms with van der Waals surface area (Å²) in [7, 11) is -2.85. The van der Waals surface area contributed by atoms with Gasteiger partial charge in [0.1, 0.15) is 0 Å². The van der Waals surface area contributed by atoms with Crippen molar-refractivity contribution in [3.63, 3.8) is 0 Å². The van der Waals surface area contributed by atoms with Crippen LogP contribution < -0.4 is 0 Å². The molecule has 1 N–H and O–H groups in total. The molecular weight excluding hydrogens is 260 g/mol. The van der Waals surface area contributed by atoms with Crippen molar-refractivity contribution in [2.45, 2.75) is 18.8 Å². The Kier molecular flexibility index (Phi) is 3.39. The third-order valence-corrected chi connectivity index (χ3v) is 6.50. The fourth-order valence-electron chi connectivity index (χ4n) is 3.57. The summed E-state index contributed by atoms with van der Waals surface area (Å²) in [6.45, 7) is 0.119. The highest BCUT2D eigenvalue weighted by atomic mass is 32.2. The largest absolute Gasteiger partial charge is 0.396 e. The summed E-state index contributed by atoms with van der Waals surface area (Å²) in [4.78, 5) is 0. The number of aliphatic hydroxyl groups is 1. The van der Waals surface area contributed by atoms with Crippen molar-refractivity contribution >= 4 is 9.84 Å². The lowest BCUT2D eigenvalue weighted by Crippen LogP contribution is -2.22. The van der Waals surface area contributed by atoms with E-state index in [0.29, 0.717) is 17.6 Å². The maximum absolute atomic E-state index is 11.6. The number of hydrogen-bond acceptors (Lipinski definition) is 3. The second kappa shape index (κ2) is 4.91. The van der Waals surface area contributed by atoms with E-state index in [1.807, 2.05) is 18.2 Å². The van der Waals surface area contributed by atoms with Gasteiger partial charge in [-0.15, -0.1) is 0 Å². The molecule has 4 unspecified atom stereocenters. The SMILES string of the molecule is O=S1(=O)CCC(C(CO)C2CC2c2ccccc2)C1. The van der Waals surface area contributed by atoms with Crippen molar-refractivity contribution in [3.05, 3.63) is 35.9 Å². The van der Waals surface area contributed by atoms with Crippen LogP contribution >= 0.6 is 0 Å². The Morgan fingerprint density at radius 2 is 2.00 bits per heavy atom. The van der Waals surface area contributed by atoms with E-state index in [0.717, 1.165) is 12.8 Å². The van der Waals surface area contributed by atoms with Crippen LogP contribution in [0.3, 0.4) is 0 Å². The summed E-state index contributed by atoms with van der Waals surface area (Å²) in [5.41, 5.74) is 1.33. The zero-order chi connectivity index (χ0) is 13.5. The number of sulfone groups is 1. The molecule has 1 aliphatic carbocycles. The summed E-state index contributed by atoms with van der Waals surface area (Å²) in [5.74, 6) is 1.87. The van der Waals surface area contributed by atoms with Crippen LogP contribution in [0.25, 0.3) is 0 Å². The summed E-state index contributed by atoms with van der Waals surface area (Å²) >= 11 is 0. The molecule has 4 atom stereocenters. The summed E-state index contributed by atoms with van der Waals surface area (Å²) in [6, 6.07) is 10.3. The molecule has 0 radical (unpaired) electrons. The van der Waals surface area contributed by atoms with Gasteiger partial charge in [0.05, 0.1) is 11.5 Å². The molecule has 3 rings (SSSR count). The molecule has 2 aliphatic rings. The van der Waals surface area contributed by atoms with Gasteiger partial charge in [-0.3, -0.25) is 0 Å². The molecule has 1 aromatic rings. The maximum Gasteiger partial charge on any atom is 0.150 e. The first kappa shape index (κ1) is 13.1. The zero-order valence-corrected chi connectivity index (χ0v) is 11.7. The van der Waals surface area contributed by atoms with Crippen LogP contribution in [0.15, 0.2) is 30.3 Å². The lowest BCUT2D eigenvalue weighted by atomic mass is 9.86. The van der Waals surface area contributed by atoms with E-state index in [9.17, 15) is 13.5 Å². The maximum atomic E-state index is 11.6. The van der Waals surface area contributed by atoms with Crippen molar-refractivity contribution < 1.29 is 13.5 Å². The summed E-state index contributed by atoms with van der Waals surface area (Å²) < 4.78 is 23.1. The average molecular weight is 280 g/mol. The second-order valence-corrected chi connectivity index (χ2v) is 8.15. The first-order chi connectivity index (χ1) is 9.11. The Morgan fingerprint density at radius 1 is 1.26 bits per heavy atom. The molecule has 4 heteroatoms. The van der Waals surface area contributed by atoms with Gasteiger partial charge in [-0.1, -0.05) is 30.3 Å². The summed E-state index contributed by atoms with van der Waals surface area (Å²) in [6.07, 6.45) is 1.82. The molecule has 0 spiro atoms. The zero-order valence-electron chi connectivity index (χ0n) is 10.9. The quantitative estimate of drug-likeness (QED) is 0.915. The molecule has 1 heterocycles. The topological polar surface area (TPSA) is 54.4 Å². The minimum absolute atomic E-state index is 0.119.